The smallest absolute Gasteiger partial charge is 0.109 e. The van der Waals surface area contributed by atoms with E-state index in [2.05, 4.69) is 41.2 Å². The molecular weight excluding hydrogens is 246 g/mol. The van der Waals surface area contributed by atoms with E-state index in [1.54, 1.807) is 0 Å². The number of nitrogens with one attached hydrogen (secondary N) is 1. The van der Waals surface area contributed by atoms with Crippen LogP contribution in [0.25, 0.3) is 11.3 Å². The van der Waals surface area contributed by atoms with E-state index in [0.717, 1.165) is 43.6 Å². The zero-order valence-corrected chi connectivity index (χ0v) is 12.1. The van der Waals surface area contributed by atoms with Gasteiger partial charge in [0.1, 0.15) is 5.82 Å². The molecule has 0 spiro atoms. The first kappa shape index (κ1) is 13.4. The van der Waals surface area contributed by atoms with Crippen LogP contribution < -0.4 is 5.73 Å². The molecule has 1 heterocycles. The summed E-state index contributed by atoms with van der Waals surface area (Å²) in [5, 5.41) is 0. The van der Waals surface area contributed by atoms with Crippen molar-refractivity contribution in [3.05, 3.63) is 41.9 Å². The lowest BCUT2D eigenvalue weighted by Crippen LogP contribution is -2.26. The number of hydrogen-bond donors (Lipinski definition) is 2. The van der Waals surface area contributed by atoms with Crippen LogP contribution in [0.5, 0.6) is 0 Å². The number of nitrogens with zero attached hydrogens (tertiary/aromatic N) is 1. The highest BCUT2D eigenvalue weighted by molar-refractivity contribution is 5.58. The van der Waals surface area contributed by atoms with Gasteiger partial charge < -0.3 is 10.7 Å². The highest BCUT2D eigenvalue weighted by atomic mass is 14.9. The zero-order chi connectivity index (χ0) is 13.9. The minimum absolute atomic E-state index is 0.391. The van der Waals surface area contributed by atoms with E-state index < -0.39 is 0 Å². The number of aryl methyl sites for hydroxylation is 1. The minimum Gasteiger partial charge on any atom is -0.342 e. The van der Waals surface area contributed by atoms with Crippen LogP contribution in [0.2, 0.25) is 0 Å². The first-order chi connectivity index (χ1) is 9.76. The molecule has 1 aliphatic carbocycles. The third kappa shape index (κ3) is 2.78. The molecule has 0 aliphatic heterocycles. The quantitative estimate of drug-likeness (QED) is 0.894. The van der Waals surface area contributed by atoms with Crippen molar-refractivity contribution in [2.45, 2.75) is 51.0 Å². The molecule has 0 bridgehead atoms. The molecule has 1 fully saturated rings. The molecule has 3 heteroatoms. The van der Waals surface area contributed by atoms with Crippen LogP contribution in [0.1, 0.15) is 49.9 Å². The summed E-state index contributed by atoms with van der Waals surface area (Å²) in [5.74, 6) is 1.69. The second-order valence-corrected chi connectivity index (χ2v) is 5.84. The number of nitrogens with two attached hydrogens (primary N) is 1. The summed E-state index contributed by atoms with van der Waals surface area (Å²) in [6.45, 7) is 2.18. The van der Waals surface area contributed by atoms with Gasteiger partial charge in [0.2, 0.25) is 0 Å². The Kier molecular flexibility index (Phi) is 3.88. The lowest BCUT2D eigenvalue weighted by Gasteiger charge is -2.24. The highest BCUT2D eigenvalue weighted by Gasteiger charge is 2.22. The molecule has 1 saturated carbocycles. The predicted molar refractivity (Wildman–Crippen MR) is 82.6 cm³/mol. The van der Waals surface area contributed by atoms with Gasteiger partial charge in [0.25, 0.3) is 0 Å². The van der Waals surface area contributed by atoms with Crippen molar-refractivity contribution >= 4 is 0 Å². The van der Waals surface area contributed by atoms with Gasteiger partial charge in [-0.25, -0.2) is 4.98 Å². The van der Waals surface area contributed by atoms with Crippen LogP contribution in [-0.4, -0.2) is 16.0 Å². The fraction of sp³-hybridized carbons (Fsp3) is 0.471. The molecule has 3 rings (SSSR count). The average Bonchev–Trinajstić information content (AvgIpc) is 2.98. The highest BCUT2D eigenvalue weighted by Crippen LogP contribution is 2.31. The van der Waals surface area contributed by atoms with Crippen LogP contribution in [0, 0.1) is 0 Å². The van der Waals surface area contributed by atoms with E-state index >= 15 is 0 Å². The summed E-state index contributed by atoms with van der Waals surface area (Å²) >= 11 is 0. The molecule has 0 saturated heterocycles. The Morgan fingerprint density at radius 3 is 2.50 bits per heavy atom. The predicted octanol–water partition coefficient (Wildman–Crippen LogP) is 3.62. The Balaban J connectivity index is 1.75. The van der Waals surface area contributed by atoms with E-state index in [1.165, 1.54) is 11.1 Å². The first-order valence-electron chi connectivity index (χ1n) is 7.66. The number of aromatic amines is 1. The summed E-state index contributed by atoms with van der Waals surface area (Å²) in [5.41, 5.74) is 9.68. The van der Waals surface area contributed by atoms with Crippen molar-refractivity contribution < 1.29 is 0 Å². The number of hydrogen-bond acceptors (Lipinski definition) is 2. The van der Waals surface area contributed by atoms with Crippen molar-refractivity contribution in [1.29, 1.82) is 0 Å². The van der Waals surface area contributed by atoms with Crippen molar-refractivity contribution in [2.24, 2.45) is 5.73 Å². The Bertz CT molecular complexity index is 548. The summed E-state index contributed by atoms with van der Waals surface area (Å²) in [6.07, 6.45) is 7.59. The van der Waals surface area contributed by atoms with Gasteiger partial charge in [0.05, 0.1) is 11.9 Å². The number of aromatic nitrogens is 2. The van der Waals surface area contributed by atoms with Crippen LogP contribution in [0.4, 0.5) is 0 Å². The summed E-state index contributed by atoms with van der Waals surface area (Å²) < 4.78 is 0. The standard InChI is InChI=1S/C17H23N3/c1-2-12-3-5-13(6-4-12)16-11-19-17(20-16)14-7-9-15(18)10-8-14/h3-6,11,14-15H,2,7-10,18H2,1H3,(H,19,20). The monoisotopic (exact) mass is 269 g/mol. The second kappa shape index (κ2) is 5.80. The molecule has 1 aliphatic rings. The SMILES string of the molecule is CCc1ccc(-c2cnc(C3CCC(N)CC3)[nH]2)cc1. The zero-order valence-electron chi connectivity index (χ0n) is 12.1. The van der Waals surface area contributed by atoms with E-state index in [0.29, 0.717) is 12.0 Å². The largest absolute Gasteiger partial charge is 0.342 e. The van der Waals surface area contributed by atoms with Crippen molar-refractivity contribution in [2.75, 3.05) is 0 Å². The normalized spacial score (nSPS) is 22.9. The molecule has 0 atom stereocenters. The molecule has 2 aromatic rings. The Morgan fingerprint density at radius 1 is 1.15 bits per heavy atom. The summed E-state index contributed by atoms with van der Waals surface area (Å²) in [6, 6.07) is 9.12. The maximum absolute atomic E-state index is 5.97. The van der Waals surface area contributed by atoms with Gasteiger partial charge in [0, 0.05) is 12.0 Å². The lowest BCUT2D eigenvalue weighted by atomic mass is 9.86. The van der Waals surface area contributed by atoms with Crippen molar-refractivity contribution in [3.63, 3.8) is 0 Å². The summed E-state index contributed by atoms with van der Waals surface area (Å²) in [7, 11) is 0. The number of imidazole rings is 1. The van der Waals surface area contributed by atoms with Crippen LogP contribution in [0.15, 0.2) is 30.5 Å². The molecule has 3 N–H and O–H groups in total. The Labute approximate surface area is 120 Å². The molecule has 0 radical (unpaired) electrons. The third-order valence-electron chi connectivity index (χ3n) is 4.43. The average molecular weight is 269 g/mol. The minimum atomic E-state index is 0.391. The molecule has 1 aromatic carbocycles. The van der Waals surface area contributed by atoms with Gasteiger partial charge in [-0.3, -0.25) is 0 Å². The van der Waals surface area contributed by atoms with Gasteiger partial charge in [-0.1, -0.05) is 31.2 Å². The Morgan fingerprint density at radius 2 is 1.85 bits per heavy atom. The van der Waals surface area contributed by atoms with Crippen molar-refractivity contribution in [3.8, 4) is 11.3 Å². The van der Waals surface area contributed by atoms with Gasteiger partial charge in [-0.2, -0.15) is 0 Å². The second-order valence-electron chi connectivity index (χ2n) is 5.84. The van der Waals surface area contributed by atoms with E-state index in [4.69, 9.17) is 5.73 Å². The number of benzene rings is 1. The van der Waals surface area contributed by atoms with E-state index in [-0.39, 0.29) is 0 Å². The third-order valence-corrected chi connectivity index (χ3v) is 4.43. The number of H-pyrrole nitrogens is 1. The molecule has 3 nitrogen and oxygen atoms in total. The molecule has 1 aromatic heterocycles. The van der Waals surface area contributed by atoms with E-state index in [9.17, 15) is 0 Å². The number of rotatable bonds is 3. The molecule has 20 heavy (non-hydrogen) atoms. The van der Waals surface area contributed by atoms with Crippen LogP contribution >= 0.6 is 0 Å². The summed E-state index contributed by atoms with van der Waals surface area (Å²) in [4.78, 5) is 8.09. The molecule has 106 valence electrons. The maximum Gasteiger partial charge on any atom is 0.109 e. The molecule has 0 unspecified atom stereocenters. The lowest BCUT2D eigenvalue weighted by molar-refractivity contribution is 0.386. The van der Waals surface area contributed by atoms with Gasteiger partial charge in [0.15, 0.2) is 0 Å². The van der Waals surface area contributed by atoms with Crippen LogP contribution in [-0.2, 0) is 6.42 Å². The van der Waals surface area contributed by atoms with Crippen LogP contribution in [0.3, 0.4) is 0 Å². The Hall–Kier alpha value is -1.61. The van der Waals surface area contributed by atoms with Crippen molar-refractivity contribution in [1.82, 2.24) is 9.97 Å². The molecular formula is C17H23N3. The fourth-order valence-electron chi connectivity index (χ4n) is 3.00. The van der Waals surface area contributed by atoms with E-state index in [1.807, 2.05) is 6.20 Å². The maximum atomic E-state index is 5.97. The van der Waals surface area contributed by atoms with Gasteiger partial charge in [-0.15, -0.1) is 0 Å². The first-order valence-corrected chi connectivity index (χ1v) is 7.66. The van der Waals surface area contributed by atoms with Gasteiger partial charge >= 0.3 is 0 Å². The molecule has 0 amide bonds. The fourth-order valence-corrected chi connectivity index (χ4v) is 3.00. The van der Waals surface area contributed by atoms with Gasteiger partial charge in [-0.05, 0) is 43.2 Å². The topological polar surface area (TPSA) is 54.7 Å².